The number of nitrogens with one attached hydrogen (secondary N) is 1. The van der Waals surface area contributed by atoms with Gasteiger partial charge < -0.3 is 5.32 Å². The Kier molecular flexibility index (Phi) is 3.73. The number of para-hydroxylation sites is 2. The number of aromatic nitrogens is 4. The Morgan fingerprint density at radius 2 is 2.05 bits per heavy atom. The van der Waals surface area contributed by atoms with Gasteiger partial charge in [-0.15, -0.1) is 0 Å². The molecule has 0 saturated heterocycles. The van der Waals surface area contributed by atoms with E-state index < -0.39 is 0 Å². The van der Waals surface area contributed by atoms with Crippen molar-refractivity contribution in [3.8, 4) is 5.69 Å². The number of nitrogens with zero attached hydrogens (tertiary/aromatic N) is 4. The highest BCUT2D eigenvalue weighted by Gasteiger charge is 2.04. The molecule has 2 heterocycles. The van der Waals surface area contributed by atoms with Crippen LogP contribution in [-0.4, -0.2) is 19.7 Å². The number of anilines is 1. The molecule has 0 radical (unpaired) electrons. The topological polar surface area (TPSA) is 55.6 Å². The number of benzene rings is 1. The molecule has 0 aliphatic carbocycles. The van der Waals surface area contributed by atoms with Crippen molar-refractivity contribution in [2.75, 3.05) is 5.32 Å². The van der Waals surface area contributed by atoms with Gasteiger partial charge in [-0.05, 0) is 40.2 Å². The fourth-order valence-corrected chi connectivity index (χ4v) is 2.09. The number of hydrogen-bond donors (Lipinski definition) is 1. The lowest BCUT2D eigenvalue weighted by molar-refractivity contribution is 0.877. The summed E-state index contributed by atoms with van der Waals surface area (Å²) >= 11 is 3.38. The summed E-state index contributed by atoms with van der Waals surface area (Å²) in [5.41, 5.74) is 2.92. The van der Waals surface area contributed by atoms with E-state index in [-0.39, 0.29) is 0 Å². The smallest absolute Gasteiger partial charge is 0.138 e. The maximum Gasteiger partial charge on any atom is 0.138 e. The summed E-state index contributed by atoms with van der Waals surface area (Å²) in [6.45, 7) is 0.652. The maximum atomic E-state index is 4.34. The first-order chi connectivity index (χ1) is 9.83. The largest absolute Gasteiger partial charge is 0.378 e. The highest BCUT2D eigenvalue weighted by Crippen LogP contribution is 2.19. The van der Waals surface area contributed by atoms with E-state index in [1.807, 2.05) is 36.4 Å². The van der Waals surface area contributed by atoms with Crippen molar-refractivity contribution in [1.82, 2.24) is 19.7 Å². The molecular formula is C14H12BrN5. The summed E-state index contributed by atoms with van der Waals surface area (Å²) in [6, 6.07) is 11.9. The predicted octanol–water partition coefficient (Wildman–Crippen LogP) is 3.04. The van der Waals surface area contributed by atoms with E-state index in [0.29, 0.717) is 6.54 Å². The zero-order chi connectivity index (χ0) is 13.8. The molecule has 3 rings (SSSR count). The van der Waals surface area contributed by atoms with E-state index >= 15 is 0 Å². The predicted molar refractivity (Wildman–Crippen MR) is 80.6 cm³/mol. The van der Waals surface area contributed by atoms with Crippen molar-refractivity contribution >= 4 is 21.6 Å². The second kappa shape index (κ2) is 5.83. The fraction of sp³-hybridized carbons (Fsp3) is 0.0714. The number of hydrogen-bond acceptors (Lipinski definition) is 4. The van der Waals surface area contributed by atoms with Gasteiger partial charge in [-0.3, -0.25) is 4.98 Å². The lowest BCUT2D eigenvalue weighted by atomic mass is 10.2. The molecule has 6 heteroatoms. The fourth-order valence-electron chi connectivity index (χ4n) is 1.85. The van der Waals surface area contributed by atoms with Crippen LogP contribution in [0.1, 0.15) is 5.69 Å². The number of rotatable bonds is 4. The molecule has 2 aromatic heterocycles. The minimum absolute atomic E-state index is 0.652. The molecule has 0 fully saturated rings. The minimum Gasteiger partial charge on any atom is -0.378 e. The van der Waals surface area contributed by atoms with Crippen LogP contribution in [-0.2, 0) is 6.54 Å². The number of pyridine rings is 1. The van der Waals surface area contributed by atoms with Crippen LogP contribution in [0.2, 0.25) is 0 Å². The van der Waals surface area contributed by atoms with Crippen LogP contribution < -0.4 is 5.32 Å². The molecule has 0 atom stereocenters. The van der Waals surface area contributed by atoms with Crippen molar-refractivity contribution in [1.29, 1.82) is 0 Å². The molecule has 100 valence electrons. The number of halogens is 1. The van der Waals surface area contributed by atoms with Crippen LogP contribution in [0.25, 0.3) is 5.69 Å². The van der Waals surface area contributed by atoms with Gasteiger partial charge in [-0.2, -0.15) is 5.10 Å². The standard InChI is InChI=1S/C14H12BrN5/c15-11-5-6-12(17-7-11)8-18-13-3-1-2-4-14(13)20-10-16-9-19-20/h1-7,9-10,18H,8H2. The lowest BCUT2D eigenvalue weighted by Crippen LogP contribution is -2.05. The van der Waals surface area contributed by atoms with Crippen molar-refractivity contribution in [3.63, 3.8) is 0 Å². The molecule has 5 nitrogen and oxygen atoms in total. The molecule has 0 saturated carbocycles. The van der Waals surface area contributed by atoms with Crippen LogP contribution in [0.4, 0.5) is 5.69 Å². The molecule has 0 spiro atoms. The Bertz CT molecular complexity index is 679. The molecule has 0 bridgehead atoms. The van der Waals surface area contributed by atoms with Crippen molar-refractivity contribution in [3.05, 3.63) is 65.4 Å². The molecule has 0 aliphatic heterocycles. The first-order valence-corrected chi connectivity index (χ1v) is 6.90. The van der Waals surface area contributed by atoms with Gasteiger partial charge in [0.15, 0.2) is 0 Å². The summed E-state index contributed by atoms with van der Waals surface area (Å²) in [5, 5.41) is 7.53. The summed E-state index contributed by atoms with van der Waals surface area (Å²) in [6.07, 6.45) is 4.99. The highest BCUT2D eigenvalue weighted by atomic mass is 79.9. The first-order valence-electron chi connectivity index (χ1n) is 6.11. The first kappa shape index (κ1) is 12.8. The van der Waals surface area contributed by atoms with Gasteiger partial charge >= 0.3 is 0 Å². The highest BCUT2D eigenvalue weighted by molar-refractivity contribution is 9.10. The normalized spacial score (nSPS) is 10.4. The third kappa shape index (κ3) is 2.85. The van der Waals surface area contributed by atoms with Gasteiger partial charge in [0.05, 0.1) is 23.6 Å². The summed E-state index contributed by atoms with van der Waals surface area (Å²) in [4.78, 5) is 8.32. The van der Waals surface area contributed by atoms with Gasteiger partial charge in [-0.1, -0.05) is 12.1 Å². The Balaban J connectivity index is 1.79. The molecule has 20 heavy (non-hydrogen) atoms. The summed E-state index contributed by atoms with van der Waals surface area (Å²) < 4.78 is 2.71. The Hall–Kier alpha value is -2.21. The van der Waals surface area contributed by atoms with E-state index in [9.17, 15) is 0 Å². The molecule has 3 aromatic rings. The van der Waals surface area contributed by atoms with Gasteiger partial charge in [0, 0.05) is 10.7 Å². The van der Waals surface area contributed by atoms with Crippen molar-refractivity contribution in [2.45, 2.75) is 6.54 Å². The zero-order valence-electron chi connectivity index (χ0n) is 10.6. The Morgan fingerprint density at radius 3 is 2.80 bits per heavy atom. The van der Waals surface area contributed by atoms with Gasteiger partial charge in [0.25, 0.3) is 0 Å². The lowest BCUT2D eigenvalue weighted by Gasteiger charge is -2.11. The molecule has 1 N–H and O–H groups in total. The second-order valence-electron chi connectivity index (χ2n) is 4.18. The third-order valence-corrected chi connectivity index (χ3v) is 3.29. The SMILES string of the molecule is Brc1ccc(CNc2ccccc2-n2cncn2)nc1. The monoisotopic (exact) mass is 329 g/mol. The molecule has 0 unspecified atom stereocenters. The van der Waals surface area contributed by atoms with Crippen LogP contribution in [0.5, 0.6) is 0 Å². The molecular weight excluding hydrogens is 318 g/mol. The second-order valence-corrected chi connectivity index (χ2v) is 5.09. The van der Waals surface area contributed by atoms with Gasteiger partial charge in [0.1, 0.15) is 12.7 Å². The third-order valence-electron chi connectivity index (χ3n) is 2.82. The van der Waals surface area contributed by atoms with E-state index in [2.05, 4.69) is 36.3 Å². The van der Waals surface area contributed by atoms with Crippen LogP contribution in [0.15, 0.2) is 59.7 Å². The Morgan fingerprint density at radius 1 is 1.15 bits per heavy atom. The Labute approximate surface area is 124 Å². The maximum absolute atomic E-state index is 4.34. The quantitative estimate of drug-likeness (QED) is 0.799. The van der Waals surface area contributed by atoms with E-state index in [0.717, 1.165) is 21.5 Å². The average molecular weight is 330 g/mol. The van der Waals surface area contributed by atoms with Gasteiger partial charge in [0.2, 0.25) is 0 Å². The van der Waals surface area contributed by atoms with Gasteiger partial charge in [-0.25, -0.2) is 9.67 Å². The molecule has 0 aliphatic rings. The molecule has 1 aromatic carbocycles. The van der Waals surface area contributed by atoms with E-state index in [1.54, 1.807) is 17.2 Å². The van der Waals surface area contributed by atoms with E-state index in [1.165, 1.54) is 6.33 Å². The average Bonchev–Trinajstić information content (AvgIpc) is 3.01. The minimum atomic E-state index is 0.652. The van der Waals surface area contributed by atoms with Crippen LogP contribution >= 0.6 is 15.9 Å². The molecule has 0 amide bonds. The van der Waals surface area contributed by atoms with Crippen LogP contribution in [0, 0.1) is 0 Å². The zero-order valence-corrected chi connectivity index (χ0v) is 12.2. The van der Waals surface area contributed by atoms with Crippen molar-refractivity contribution in [2.24, 2.45) is 0 Å². The van der Waals surface area contributed by atoms with Crippen molar-refractivity contribution < 1.29 is 0 Å². The van der Waals surface area contributed by atoms with Crippen LogP contribution in [0.3, 0.4) is 0 Å². The summed E-state index contributed by atoms with van der Waals surface area (Å²) in [5.74, 6) is 0. The van der Waals surface area contributed by atoms with E-state index in [4.69, 9.17) is 0 Å². The summed E-state index contributed by atoms with van der Waals surface area (Å²) in [7, 11) is 0.